The van der Waals surface area contributed by atoms with Gasteiger partial charge in [0.15, 0.2) is 0 Å². The monoisotopic (exact) mass is 321 g/mol. The summed E-state index contributed by atoms with van der Waals surface area (Å²) in [5.74, 6) is 1.13. The van der Waals surface area contributed by atoms with E-state index in [9.17, 15) is 5.11 Å². The van der Waals surface area contributed by atoms with Crippen LogP contribution in [0.15, 0.2) is 12.1 Å². The van der Waals surface area contributed by atoms with Gasteiger partial charge in [-0.15, -0.1) is 0 Å². The zero-order valence-corrected chi connectivity index (χ0v) is 13.0. The summed E-state index contributed by atoms with van der Waals surface area (Å²) in [6, 6.07) is 3.79. The van der Waals surface area contributed by atoms with Crippen LogP contribution in [-0.4, -0.2) is 57.3 Å². The highest BCUT2D eigenvalue weighted by Crippen LogP contribution is 2.25. The third kappa shape index (κ3) is 3.06. The number of rotatable bonds is 5. The van der Waals surface area contributed by atoms with E-state index in [0.717, 1.165) is 5.69 Å². The highest BCUT2D eigenvalue weighted by atomic mass is 16.5. The molecule has 0 aromatic carbocycles. The molecule has 0 saturated carbocycles. The van der Waals surface area contributed by atoms with Gasteiger partial charge in [-0.1, -0.05) is 0 Å². The first-order valence-electron chi connectivity index (χ1n) is 7.22. The Bertz CT molecular complexity index is 668. The number of aliphatic hydroxyl groups excluding tert-OH is 2. The fourth-order valence-electron chi connectivity index (χ4n) is 2.49. The maximum Gasteiger partial charge on any atom is 0.321 e. The number of aliphatic hydroxyl groups is 2. The van der Waals surface area contributed by atoms with Gasteiger partial charge in [0.1, 0.15) is 11.9 Å². The van der Waals surface area contributed by atoms with Crippen LogP contribution in [0.2, 0.25) is 0 Å². The third-order valence-electron chi connectivity index (χ3n) is 3.72. The highest BCUT2D eigenvalue weighted by molar-refractivity contribution is 5.44. The Hall–Kier alpha value is -2.39. The van der Waals surface area contributed by atoms with E-state index in [1.54, 1.807) is 19.2 Å². The molecular formula is C14H19N5O4. The van der Waals surface area contributed by atoms with E-state index < -0.39 is 6.10 Å². The molecule has 0 saturated heterocycles. The quantitative estimate of drug-likeness (QED) is 0.776. The summed E-state index contributed by atoms with van der Waals surface area (Å²) in [6.07, 6.45) is -0.958. The number of aromatic nitrogens is 4. The van der Waals surface area contributed by atoms with Gasteiger partial charge in [0.25, 0.3) is 0 Å². The number of nitrogens with zero attached hydrogens (tertiary/aromatic N) is 5. The first-order valence-corrected chi connectivity index (χ1v) is 7.22. The molecule has 1 atom stereocenters. The molecule has 0 bridgehead atoms. The van der Waals surface area contributed by atoms with Crippen LogP contribution in [-0.2, 0) is 13.1 Å². The van der Waals surface area contributed by atoms with Crippen molar-refractivity contribution in [2.75, 3.05) is 32.3 Å². The lowest BCUT2D eigenvalue weighted by Crippen LogP contribution is -2.34. The summed E-state index contributed by atoms with van der Waals surface area (Å²) in [6.45, 7) is 1.59. The zero-order valence-electron chi connectivity index (χ0n) is 13.0. The molecule has 1 aliphatic rings. The molecule has 1 unspecified atom stereocenters. The number of hydrogen-bond acceptors (Lipinski definition) is 8. The Balaban J connectivity index is 1.85. The minimum atomic E-state index is -0.958. The van der Waals surface area contributed by atoms with E-state index in [1.807, 2.05) is 4.68 Å². The number of hydrogen-bond donors (Lipinski definition) is 2. The molecule has 0 aliphatic carbocycles. The lowest BCUT2D eigenvalue weighted by Gasteiger charge is -2.28. The molecule has 23 heavy (non-hydrogen) atoms. The van der Waals surface area contributed by atoms with E-state index >= 15 is 0 Å². The predicted octanol–water partition coefficient (Wildman–Crippen LogP) is -0.264. The summed E-state index contributed by atoms with van der Waals surface area (Å²) >= 11 is 0. The maximum atomic E-state index is 9.70. The predicted molar refractivity (Wildman–Crippen MR) is 80.5 cm³/mol. The molecule has 0 spiro atoms. The second kappa shape index (κ2) is 6.39. The van der Waals surface area contributed by atoms with Gasteiger partial charge in [0.2, 0.25) is 5.88 Å². The van der Waals surface area contributed by atoms with Crippen molar-refractivity contribution in [2.45, 2.75) is 19.2 Å². The fraction of sp³-hybridized carbons (Fsp3) is 0.500. The Morgan fingerprint density at radius 1 is 1.22 bits per heavy atom. The second-order valence-electron chi connectivity index (χ2n) is 5.16. The van der Waals surface area contributed by atoms with Crippen molar-refractivity contribution in [1.29, 1.82) is 0 Å². The van der Waals surface area contributed by atoms with E-state index in [4.69, 9.17) is 14.6 Å². The van der Waals surface area contributed by atoms with Gasteiger partial charge < -0.3 is 24.6 Å². The normalized spacial score (nSPS) is 15.2. The molecule has 2 N–H and O–H groups in total. The average Bonchev–Trinajstić information content (AvgIpc) is 3.03. The van der Waals surface area contributed by atoms with Gasteiger partial charge in [-0.25, -0.2) is 0 Å². The minimum Gasteiger partial charge on any atom is -0.481 e. The Kier molecular flexibility index (Phi) is 4.30. The largest absolute Gasteiger partial charge is 0.481 e. The first kappa shape index (κ1) is 15.5. The van der Waals surface area contributed by atoms with Gasteiger partial charge in [-0.2, -0.15) is 15.1 Å². The van der Waals surface area contributed by atoms with Crippen LogP contribution in [0.5, 0.6) is 11.9 Å². The van der Waals surface area contributed by atoms with Gasteiger partial charge >= 0.3 is 6.01 Å². The van der Waals surface area contributed by atoms with Crippen molar-refractivity contribution in [2.24, 2.45) is 0 Å². The maximum absolute atomic E-state index is 9.70. The van der Waals surface area contributed by atoms with E-state index in [1.165, 1.54) is 7.11 Å². The van der Waals surface area contributed by atoms with Crippen molar-refractivity contribution in [3.8, 4) is 11.9 Å². The number of methoxy groups -OCH3 is 2. The smallest absolute Gasteiger partial charge is 0.321 e. The van der Waals surface area contributed by atoms with Crippen molar-refractivity contribution in [1.82, 2.24) is 19.7 Å². The topological polar surface area (TPSA) is 106 Å². The number of anilines is 1. The fourth-order valence-corrected chi connectivity index (χ4v) is 2.49. The molecule has 2 aromatic rings. The summed E-state index contributed by atoms with van der Waals surface area (Å²) in [5.41, 5.74) is 1.41. The molecule has 0 amide bonds. The SMILES string of the molecule is COc1cc(N2CCn3nc(C(O)CO)cc3C2)nc(OC)n1. The van der Waals surface area contributed by atoms with E-state index in [-0.39, 0.29) is 12.6 Å². The molecule has 2 aromatic heterocycles. The van der Waals surface area contributed by atoms with Crippen LogP contribution >= 0.6 is 0 Å². The molecular weight excluding hydrogens is 302 g/mol. The molecule has 0 fully saturated rings. The highest BCUT2D eigenvalue weighted by Gasteiger charge is 2.22. The van der Waals surface area contributed by atoms with Gasteiger partial charge in [0, 0.05) is 12.6 Å². The molecule has 0 radical (unpaired) electrons. The van der Waals surface area contributed by atoms with Gasteiger partial charge in [-0.05, 0) is 6.07 Å². The zero-order chi connectivity index (χ0) is 16.4. The standard InChI is InChI=1S/C14H19N5O4/c1-22-13-6-12(15-14(16-13)23-2)18-3-4-19-9(7-18)5-10(17-19)11(21)8-20/h5-6,11,20-21H,3-4,7-8H2,1-2H3. The van der Waals surface area contributed by atoms with Crippen molar-refractivity contribution in [3.05, 3.63) is 23.5 Å². The van der Waals surface area contributed by atoms with Crippen molar-refractivity contribution >= 4 is 5.82 Å². The lowest BCUT2D eigenvalue weighted by molar-refractivity contribution is 0.0916. The first-order chi connectivity index (χ1) is 11.1. The van der Waals surface area contributed by atoms with Crippen LogP contribution < -0.4 is 14.4 Å². The van der Waals surface area contributed by atoms with E-state index in [2.05, 4.69) is 20.0 Å². The summed E-state index contributed by atoms with van der Waals surface area (Å²) in [7, 11) is 3.05. The van der Waals surface area contributed by atoms with Crippen molar-refractivity contribution < 1.29 is 19.7 Å². The Labute approximate surface area is 133 Å². The van der Waals surface area contributed by atoms with Crippen LogP contribution in [0.4, 0.5) is 5.82 Å². The Morgan fingerprint density at radius 2 is 2.04 bits per heavy atom. The minimum absolute atomic E-state index is 0.245. The molecule has 124 valence electrons. The average molecular weight is 321 g/mol. The second-order valence-corrected chi connectivity index (χ2v) is 5.16. The van der Waals surface area contributed by atoms with Crippen LogP contribution in [0.25, 0.3) is 0 Å². The Morgan fingerprint density at radius 3 is 2.74 bits per heavy atom. The van der Waals surface area contributed by atoms with E-state index in [0.29, 0.717) is 37.0 Å². The lowest BCUT2D eigenvalue weighted by atomic mass is 10.2. The van der Waals surface area contributed by atoms with Crippen LogP contribution in [0.3, 0.4) is 0 Å². The summed E-state index contributed by atoms with van der Waals surface area (Å²) in [5, 5.41) is 23.1. The van der Waals surface area contributed by atoms with Crippen molar-refractivity contribution in [3.63, 3.8) is 0 Å². The summed E-state index contributed by atoms with van der Waals surface area (Å²) in [4.78, 5) is 10.5. The van der Waals surface area contributed by atoms with Crippen LogP contribution in [0, 0.1) is 0 Å². The summed E-state index contributed by atoms with van der Waals surface area (Å²) < 4.78 is 12.1. The van der Waals surface area contributed by atoms with Crippen LogP contribution in [0.1, 0.15) is 17.5 Å². The number of ether oxygens (including phenoxy) is 2. The molecule has 3 heterocycles. The third-order valence-corrected chi connectivity index (χ3v) is 3.72. The molecule has 9 nitrogen and oxygen atoms in total. The molecule has 1 aliphatic heterocycles. The number of fused-ring (bicyclic) bond motifs is 1. The molecule has 9 heteroatoms. The molecule has 3 rings (SSSR count). The van der Waals surface area contributed by atoms with Gasteiger partial charge in [-0.3, -0.25) is 4.68 Å². The van der Waals surface area contributed by atoms with Gasteiger partial charge in [0.05, 0.1) is 45.3 Å².